The molecule has 1 fully saturated rings. The van der Waals surface area contributed by atoms with Gasteiger partial charge in [0.25, 0.3) is 0 Å². The van der Waals surface area contributed by atoms with Crippen LogP contribution in [0.25, 0.3) is 11.4 Å². The number of anilines is 2. The molecule has 0 atom stereocenters. The fourth-order valence-electron chi connectivity index (χ4n) is 3.26. The molecule has 1 aliphatic rings. The summed E-state index contributed by atoms with van der Waals surface area (Å²) in [5.41, 5.74) is 6.73. The minimum Gasteiger partial charge on any atom is -0.388 e. The molecular weight excluding hydrogens is 320 g/mol. The molecule has 0 aromatic heterocycles. The first-order chi connectivity index (χ1) is 12.6. The Balaban J connectivity index is 1.60. The van der Waals surface area contributed by atoms with Crippen LogP contribution >= 0.6 is 0 Å². The van der Waals surface area contributed by atoms with E-state index in [2.05, 4.69) is 82.1 Å². The molecule has 0 unspecified atom stereocenters. The van der Waals surface area contributed by atoms with Gasteiger partial charge in [-0.2, -0.15) is 0 Å². The maximum absolute atomic E-state index is 4.01. The van der Waals surface area contributed by atoms with E-state index in [1.54, 1.807) is 0 Å². The van der Waals surface area contributed by atoms with E-state index in [9.17, 15) is 0 Å². The Kier molecular flexibility index (Phi) is 5.52. The van der Waals surface area contributed by atoms with E-state index in [1.807, 2.05) is 14.1 Å². The number of nitrogens with one attached hydrogen (secondary N) is 2. The normalized spacial score (nSPS) is 14.1. The fraction of sp³-hybridized carbons (Fsp3) is 0.273. The van der Waals surface area contributed by atoms with Gasteiger partial charge < -0.3 is 20.4 Å². The molecular formula is C22H28N4. The second-order valence-electron chi connectivity index (χ2n) is 6.52. The zero-order valence-corrected chi connectivity index (χ0v) is 15.8. The second-order valence-corrected chi connectivity index (χ2v) is 6.52. The van der Waals surface area contributed by atoms with Gasteiger partial charge in [-0.3, -0.25) is 0 Å². The first-order valence-corrected chi connectivity index (χ1v) is 9.06. The first kappa shape index (κ1) is 17.9. The Bertz CT molecular complexity index is 686. The van der Waals surface area contributed by atoms with Crippen LogP contribution in [-0.2, 0) is 0 Å². The molecule has 136 valence electrons. The van der Waals surface area contributed by atoms with E-state index in [4.69, 9.17) is 0 Å². The van der Waals surface area contributed by atoms with Crippen molar-refractivity contribution in [1.29, 1.82) is 0 Å². The zero-order chi connectivity index (χ0) is 18.5. The molecule has 26 heavy (non-hydrogen) atoms. The van der Waals surface area contributed by atoms with Gasteiger partial charge in [0.15, 0.2) is 0 Å². The molecule has 1 heterocycles. The van der Waals surface area contributed by atoms with Gasteiger partial charge in [-0.1, -0.05) is 37.4 Å². The largest absolute Gasteiger partial charge is 0.388 e. The van der Waals surface area contributed by atoms with E-state index in [1.165, 1.54) is 11.4 Å². The third-order valence-electron chi connectivity index (χ3n) is 5.05. The van der Waals surface area contributed by atoms with E-state index >= 15 is 0 Å². The second kappa shape index (κ2) is 8.00. The van der Waals surface area contributed by atoms with Gasteiger partial charge in [-0.25, -0.2) is 0 Å². The summed E-state index contributed by atoms with van der Waals surface area (Å²) in [5, 5.41) is 6.19. The molecule has 2 aromatic carbocycles. The predicted octanol–water partition coefficient (Wildman–Crippen LogP) is 3.39. The van der Waals surface area contributed by atoms with Crippen LogP contribution in [0.5, 0.6) is 0 Å². The molecule has 2 N–H and O–H groups in total. The van der Waals surface area contributed by atoms with E-state index in [0.29, 0.717) is 0 Å². The fourth-order valence-corrected chi connectivity index (χ4v) is 3.26. The quantitative estimate of drug-likeness (QED) is 0.838. The average Bonchev–Trinajstić information content (AvgIpc) is 2.73. The molecule has 4 heteroatoms. The third kappa shape index (κ3) is 3.85. The van der Waals surface area contributed by atoms with Gasteiger partial charge in [0, 0.05) is 63.0 Å². The van der Waals surface area contributed by atoms with Gasteiger partial charge in [-0.15, -0.1) is 0 Å². The molecule has 4 nitrogen and oxygen atoms in total. The minimum atomic E-state index is 0.950. The molecule has 2 aromatic rings. The predicted molar refractivity (Wildman–Crippen MR) is 113 cm³/mol. The lowest BCUT2D eigenvalue weighted by Gasteiger charge is -2.37. The molecule has 1 saturated heterocycles. The van der Waals surface area contributed by atoms with Crippen molar-refractivity contribution in [3.8, 4) is 0 Å². The Morgan fingerprint density at radius 3 is 1.23 bits per heavy atom. The van der Waals surface area contributed by atoms with Crippen LogP contribution in [-0.4, -0.2) is 40.3 Å². The van der Waals surface area contributed by atoms with Crippen LogP contribution in [0.1, 0.15) is 11.1 Å². The lowest BCUT2D eigenvalue weighted by molar-refractivity contribution is 0.653. The van der Waals surface area contributed by atoms with Crippen molar-refractivity contribution < 1.29 is 0 Å². The number of benzene rings is 2. The molecule has 0 aliphatic carbocycles. The van der Waals surface area contributed by atoms with Crippen molar-refractivity contribution >= 4 is 22.8 Å². The molecule has 0 spiro atoms. The van der Waals surface area contributed by atoms with Gasteiger partial charge in [0.2, 0.25) is 0 Å². The van der Waals surface area contributed by atoms with E-state index in [-0.39, 0.29) is 0 Å². The monoisotopic (exact) mass is 348 g/mol. The van der Waals surface area contributed by atoms with E-state index in [0.717, 1.165) is 48.7 Å². The minimum absolute atomic E-state index is 0.950. The molecule has 0 saturated carbocycles. The summed E-state index contributed by atoms with van der Waals surface area (Å²) < 4.78 is 0. The Morgan fingerprint density at radius 2 is 0.962 bits per heavy atom. The molecule has 0 radical (unpaired) electrons. The van der Waals surface area contributed by atoms with Crippen LogP contribution in [0.15, 0.2) is 61.7 Å². The highest BCUT2D eigenvalue weighted by Gasteiger charge is 2.17. The molecule has 1 aliphatic heterocycles. The van der Waals surface area contributed by atoms with E-state index < -0.39 is 0 Å². The summed E-state index contributed by atoms with van der Waals surface area (Å²) in [6.07, 6.45) is 0. The smallest absolute Gasteiger partial charge is 0.0367 e. The van der Waals surface area contributed by atoms with Crippen molar-refractivity contribution in [3.05, 3.63) is 72.8 Å². The lowest BCUT2D eigenvalue weighted by atomic mass is 10.1. The van der Waals surface area contributed by atoms with Crippen molar-refractivity contribution in [2.24, 2.45) is 0 Å². The van der Waals surface area contributed by atoms with Crippen LogP contribution in [0.3, 0.4) is 0 Å². The summed E-state index contributed by atoms with van der Waals surface area (Å²) >= 11 is 0. The van der Waals surface area contributed by atoms with Gasteiger partial charge in [-0.05, 0) is 35.4 Å². The van der Waals surface area contributed by atoms with Crippen molar-refractivity contribution in [2.75, 3.05) is 50.1 Å². The number of piperazine rings is 1. The molecule has 3 rings (SSSR count). The number of rotatable bonds is 6. The summed E-state index contributed by atoms with van der Waals surface area (Å²) in [7, 11) is 3.80. The highest BCUT2D eigenvalue weighted by atomic mass is 15.3. The van der Waals surface area contributed by atoms with Gasteiger partial charge in [0.05, 0.1) is 0 Å². The van der Waals surface area contributed by atoms with Crippen molar-refractivity contribution in [1.82, 2.24) is 10.6 Å². The lowest BCUT2D eigenvalue weighted by Crippen LogP contribution is -2.46. The van der Waals surface area contributed by atoms with Crippen LogP contribution in [0, 0.1) is 0 Å². The highest BCUT2D eigenvalue weighted by Crippen LogP contribution is 2.23. The Hall–Kier alpha value is -2.88. The zero-order valence-electron chi connectivity index (χ0n) is 15.8. The SMILES string of the molecule is C=C(NC)c1ccc(N2CCN(c3ccc(C(=C)NC)cc3)CC2)cc1. The van der Waals surface area contributed by atoms with Crippen LogP contribution < -0.4 is 20.4 Å². The Morgan fingerprint density at radius 1 is 0.654 bits per heavy atom. The van der Waals surface area contributed by atoms with Crippen LogP contribution in [0.4, 0.5) is 11.4 Å². The Labute approximate surface area is 156 Å². The van der Waals surface area contributed by atoms with Crippen LogP contribution in [0.2, 0.25) is 0 Å². The number of hydrogen-bond donors (Lipinski definition) is 2. The standard InChI is InChI=1S/C22H28N4/c1-17(23-3)19-5-9-21(10-6-19)25-13-15-26(16-14-25)22-11-7-20(8-12-22)18(2)24-4/h5-12,23-24H,1-2,13-16H2,3-4H3. The first-order valence-electron chi connectivity index (χ1n) is 9.06. The number of nitrogens with zero attached hydrogens (tertiary/aromatic N) is 2. The highest BCUT2D eigenvalue weighted by molar-refractivity contribution is 5.65. The van der Waals surface area contributed by atoms with Crippen molar-refractivity contribution in [2.45, 2.75) is 0 Å². The summed E-state index contributed by atoms with van der Waals surface area (Å²) in [6, 6.07) is 17.3. The van der Waals surface area contributed by atoms with Gasteiger partial charge in [0.1, 0.15) is 0 Å². The van der Waals surface area contributed by atoms with Crippen molar-refractivity contribution in [3.63, 3.8) is 0 Å². The summed E-state index contributed by atoms with van der Waals surface area (Å²) in [6.45, 7) is 12.1. The third-order valence-corrected chi connectivity index (χ3v) is 5.05. The molecule has 0 bridgehead atoms. The summed E-state index contributed by atoms with van der Waals surface area (Å²) in [4.78, 5) is 4.89. The topological polar surface area (TPSA) is 30.5 Å². The summed E-state index contributed by atoms with van der Waals surface area (Å²) in [5.74, 6) is 0. The average molecular weight is 348 g/mol. The maximum atomic E-state index is 4.01. The maximum Gasteiger partial charge on any atom is 0.0367 e. The number of hydrogen-bond acceptors (Lipinski definition) is 4. The molecule has 0 amide bonds. The van der Waals surface area contributed by atoms with Gasteiger partial charge >= 0.3 is 0 Å².